The van der Waals surface area contributed by atoms with Crippen LogP contribution in [-0.2, 0) is 4.79 Å². The van der Waals surface area contributed by atoms with Crippen molar-refractivity contribution in [3.05, 3.63) is 64.8 Å². The Morgan fingerprint density at radius 3 is 2.67 bits per heavy atom. The van der Waals surface area contributed by atoms with E-state index in [1.54, 1.807) is 10.9 Å². The molecule has 8 nitrogen and oxygen atoms in total. The SMILES string of the molecule is Nn1c(SCC(=O)N2N=C(c3ccc(Cl)cc3)CC2c2ccco2)nnc1C1CCCCC1. The fourth-order valence-electron chi connectivity index (χ4n) is 4.48. The lowest BCUT2D eigenvalue weighted by Gasteiger charge is -2.20. The van der Waals surface area contributed by atoms with Crippen LogP contribution in [0.3, 0.4) is 0 Å². The summed E-state index contributed by atoms with van der Waals surface area (Å²) >= 11 is 7.31. The second-order valence-corrected chi connectivity index (χ2v) is 9.74. The van der Waals surface area contributed by atoms with Crippen LogP contribution in [0.5, 0.6) is 0 Å². The van der Waals surface area contributed by atoms with Gasteiger partial charge in [-0.2, -0.15) is 5.10 Å². The second kappa shape index (κ2) is 9.61. The van der Waals surface area contributed by atoms with Crippen LogP contribution in [0.2, 0.25) is 5.02 Å². The maximum Gasteiger partial charge on any atom is 0.253 e. The Balaban J connectivity index is 1.31. The average molecular weight is 485 g/mol. The summed E-state index contributed by atoms with van der Waals surface area (Å²) in [5, 5.41) is 15.9. The van der Waals surface area contributed by atoms with Crippen molar-refractivity contribution >= 4 is 35.0 Å². The predicted molar refractivity (Wildman–Crippen MR) is 128 cm³/mol. The number of nitrogens with zero attached hydrogens (tertiary/aromatic N) is 5. The summed E-state index contributed by atoms with van der Waals surface area (Å²) in [6.07, 6.45) is 7.97. The van der Waals surface area contributed by atoms with Crippen molar-refractivity contribution in [3.8, 4) is 0 Å². The molecule has 2 aliphatic rings. The smallest absolute Gasteiger partial charge is 0.253 e. The van der Waals surface area contributed by atoms with Crippen molar-refractivity contribution in [2.75, 3.05) is 11.6 Å². The maximum atomic E-state index is 13.2. The molecule has 3 heterocycles. The number of hydrogen-bond donors (Lipinski definition) is 1. The number of amides is 1. The number of nitrogen functional groups attached to an aromatic ring is 1. The summed E-state index contributed by atoms with van der Waals surface area (Å²) < 4.78 is 7.16. The van der Waals surface area contributed by atoms with Crippen LogP contribution < -0.4 is 5.84 Å². The zero-order chi connectivity index (χ0) is 22.8. The summed E-state index contributed by atoms with van der Waals surface area (Å²) in [7, 11) is 0. The van der Waals surface area contributed by atoms with Crippen LogP contribution >= 0.6 is 23.4 Å². The summed E-state index contributed by atoms with van der Waals surface area (Å²) in [5.41, 5.74) is 1.74. The Labute approximate surface area is 201 Å². The molecule has 33 heavy (non-hydrogen) atoms. The summed E-state index contributed by atoms with van der Waals surface area (Å²) in [5.74, 6) is 8.13. The number of carbonyl (C=O) groups excluding carboxylic acids is 1. The van der Waals surface area contributed by atoms with E-state index in [9.17, 15) is 4.79 Å². The molecule has 5 rings (SSSR count). The standard InChI is InChI=1S/C23H25ClN6O2S/c24-17-10-8-15(9-11-17)18-13-19(20-7-4-12-32-20)30(28-18)21(31)14-33-23-27-26-22(29(23)25)16-5-2-1-3-6-16/h4,7-12,16,19H,1-3,5-6,13-14,25H2. The average Bonchev–Trinajstić information content (AvgIpc) is 3.59. The third-order valence-corrected chi connectivity index (χ3v) is 7.38. The zero-order valence-corrected chi connectivity index (χ0v) is 19.6. The highest BCUT2D eigenvalue weighted by molar-refractivity contribution is 7.99. The first-order valence-electron chi connectivity index (χ1n) is 11.1. The van der Waals surface area contributed by atoms with E-state index < -0.39 is 0 Å². The minimum absolute atomic E-state index is 0.146. The lowest BCUT2D eigenvalue weighted by atomic mass is 9.89. The first-order valence-corrected chi connectivity index (χ1v) is 12.5. The van der Waals surface area contributed by atoms with Crippen LogP contribution in [0, 0.1) is 0 Å². The monoisotopic (exact) mass is 484 g/mol. The van der Waals surface area contributed by atoms with Crippen LogP contribution in [0.4, 0.5) is 0 Å². The van der Waals surface area contributed by atoms with Crippen molar-refractivity contribution < 1.29 is 9.21 Å². The first kappa shape index (κ1) is 22.0. The molecule has 1 atom stereocenters. The highest BCUT2D eigenvalue weighted by Gasteiger charge is 2.35. The molecule has 2 aromatic heterocycles. The Hall–Kier alpha value is -2.78. The van der Waals surface area contributed by atoms with Gasteiger partial charge in [-0.15, -0.1) is 10.2 Å². The molecule has 3 aromatic rings. The van der Waals surface area contributed by atoms with Crippen molar-refractivity contribution in [1.29, 1.82) is 0 Å². The number of hydrogen-bond acceptors (Lipinski definition) is 7. The Morgan fingerprint density at radius 2 is 1.94 bits per heavy atom. The van der Waals surface area contributed by atoms with E-state index in [2.05, 4.69) is 15.3 Å². The molecule has 10 heteroatoms. The van der Waals surface area contributed by atoms with E-state index >= 15 is 0 Å². The molecule has 0 spiro atoms. The fourth-order valence-corrected chi connectivity index (χ4v) is 5.32. The lowest BCUT2D eigenvalue weighted by Crippen LogP contribution is -2.28. The summed E-state index contributed by atoms with van der Waals surface area (Å²) in [4.78, 5) is 13.2. The van der Waals surface area contributed by atoms with Gasteiger partial charge >= 0.3 is 0 Å². The number of nitrogens with two attached hydrogens (primary N) is 1. The molecule has 1 aliphatic heterocycles. The summed E-state index contributed by atoms with van der Waals surface area (Å²) in [6.45, 7) is 0. The second-order valence-electron chi connectivity index (χ2n) is 8.36. The van der Waals surface area contributed by atoms with Gasteiger partial charge in [0.15, 0.2) is 5.82 Å². The number of rotatable bonds is 6. The third kappa shape index (κ3) is 4.65. The molecule has 1 amide bonds. The normalized spacial score (nSPS) is 19.1. The van der Waals surface area contributed by atoms with Crippen molar-refractivity contribution in [1.82, 2.24) is 19.9 Å². The van der Waals surface area contributed by atoms with Gasteiger partial charge in [0.1, 0.15) is 11.8 Å². The van der Waals surface area contributed by atoms with Gasteiger partial charge in [-0.1, -0.05) is 54.8 Å². The maximum absolute atomic E-state index is 13.2. The lowest BCUT2D eigenvalue weighted by molar-refractivity contribution is -0.130. The molecule has 1 aromatic carbocycles. The largest absolute Gasteiger partial charge is 0.467 e. The number of thioether (sulfide) groups is 1. The van der Waals surface area contributed by atoms with Gasteiger partial charge in [-0.05, 0) is 42.7 Å². The van der Waals surface area contributed by atoms with E-state index in [0.29, 0.717) is 28.3 Å². The van der Waals surface area contributed by atoms with E-state index in [1.165, 1.54) is 36.0 Å². The Kier molecular flexibility index (Phi) is 6.41. The minimum Gasteiger partial charge on any atom is -0.467 e. The minimum atomic E-state index is -0.299. The highest BCUT2D eigenvalue weighted by atomic mass is 35.5. The highest BCUT2D eigenvalue weighted by Crippen LogP contribution is 2.35. The van der Waals surface area contributed by atoms with E-state index in [4.69, 9.17) is 21.9 Å². The third-order valence-electron chi connectivity index (χ3n) is 6.20. The number of aromatic nitrogens is 3. The molecule has 1 saturated carbocycles. The van der Waals surface area contributed by atoms with Crippen LogP contribution in [0.25, 0.3) is 0 Å². The topological polar surface area (TPSA) is 103 Å². The first-order chi connectivity index (χ1) is 16.1. The molecule has 0 bridgehead atoms. The van der Waals surface area contributed by atoms with E-state index in [1.807, 2.05) is 36.4 Å². The molecular weight excluding hydrogens is 460 g/mol. The Morgan fingerprint density at radius 1 is 1.15 bits per heavy atom. The van der Waals surface area contributed by atoms with Gasteiger partial charge in [0, 0.05) is 17.4 Å². The molecule has 0 radical (unpaired) electrons. The molecule has 1 unspecified atom stereocenters. The number of halogens is 1. The van der Waals surface area contributed by atoms with Gasteiger partial charge in [0.05, 0.1) is 17.7 Å². The van der Waals surface area contributed by atoms with Crippen molar-refractivity contribution in [3.63, 3.8) is 0 Å². The fraction of sp³-hybridized carbons (Fsp3) is 0.391. The number of furan rings is 1. The predicted octanol–water partition coefficient (Wildman–Crippen LogP) is 4.76. The molecule has 1 aliphatic carbocycles. The quantitative estimate of drug-likeness (QED) is 0.400. The zero-order valence-electron chi connectivity index (χ0n) is 18.1. The van der Waals surface area contributed by atoms with Crippen LogP contribution in [0.1, 0.15) is 67.6 Å². The van der Waals surface area contributed by atoms with Gasteiger partial charge in [-0.3, -0.25) is 4.79 Å². The number of benzene rings is 1. The molecule has 2 N–H and O–H groups in total. The van der Waals surface area contributed by atoms with Gasteiger partial charge in [-0.25, -0.2) is 9.69 Å². The van der Waals surface area contributed by atoms with Gasteiger partial charge < -0.3 is 10.3 Å². The molecule has 0 saturated heterocycles. The van der Waals surface area contributed by atoms with Crippen LogP contribution in [-0.4, -0.2) is 37.3 Å². The number of carbonyl (C=O) groups is 1. The van der Waals surface area contributed by atoms with E-state index in [-0.39, 0.29) is 17.7 Å². The van der Waals surface area contributed by atoms with Gasteiger partial charge in [0.2, 0.25) is 5.16 Å². The molecular formula is C23H25ClN6O2S. The summed E-state index contributed by atoms with van der Waals surface area (Å²) in [6, 6.07) is 10.8. The van der Waals surface area contributed by atoms with Crippen LogP contribution in [0.15, 0.2) is 57.3 Å². The Bertz CT molecular complexity index is 1140. The molecule has 1 fully saturated rings. The van der Waals surface area contributed by atoms with Crippen molar-refractivity contribution in [2.45, 2.75) is 55.6 Å². The number of hydrazone groups is 1. The van der Waals surface area contributed by atoms with Crippen molar-refractivity contribution in [2.24, 2.45) is 5.10 Å². The van der Waals surface area contributed by atoms with Gasteiger partial charge in [0.25, 0.3) is 5.91 Å². The molecule has 172 valence electrons. The van der Waals surface area contributed by atoms with E-state index in [0.717, 1.165) is 29.9 Å².